The van der Waals surface area contributed by atoms with Gasteiger partial charge in [0.25, 0.3) is 0 Å². The zero-order chi connectivity index (χ0) is 13.5. The number of ether oxygens (including phenoxy) is 1. The van der Waals surface area contributed by atoms with Crippen molar-refractivity contribution < 1.29 is 4.74 Å². The minimum Gasteiger partial charge on any atom is -0.384 e. The summed E-state index contributed by atoms with van der Waals surface area (Å²) in [5.41, 5.74) is 2.48. The zero-order valence-electron chi connectivity index (χ0n) is 12.2. The summed E-state index contributed by atoms with van der Waals surface area (Å²) < 4.78 is 5.52. The topological polar surface area (TPSA) is 24.5 Å². The van der Waals surface area contributed by atoms with Gasteiger partial charge >= 0.3 is 0 Å². The van der Waals surface area contributed by atoms with Gasteiger partial charge in [0.2, 0.25) is 0 Å². The molecule has 0 aliphatic carbocycles. The van der Waals surface area contributed by atoms with Crippen LogP contribution in [0.2, 0.25) is 0 Å². The van der Waals surface area contributed by atoms with E-state index in [9.17, 15) is 0 Å². The molecule has 1 aliphatic rings. The highest BCUT2D eigenvalue weighted by atomic mass is 16.5. The molecule has 1 heterocycles. The average Bonchev–Trinajstić information content (AvgIpc) is 2.44. The Balaban J connectivity index is 1.87. The molecule has 106 valence electrons. The van der Waals surface area contributed by atoms with Crippen molar-refractivity contribution >= 4 is 5.69 Å². The molecular weight excluding hydrogens is 236 g/mol. The number of para-hydroxylation sites is 1. The van der Waals surface area contributed by atoms with Crippen molar-refractivity contribution in [3.8, 4) is 0 Å². The number of anilines is 1. The highest BCUT2D eigenvalue weighted by Crippen LogP contribution is 2.19. The summed E-state index contributed by atoms with van der Waals surface area (Å²) in [6.07, 6.45) is 2.66. The third-order valence-electron chi connectivity index (χ3n) is 3.78. The Labute approximate surface area is 116 Å². The van der Waals surface area contributed by atoms with Gasteiger partial charge in [0.1, 0.15) is 0 Å². The lowest BCUT2D eigenvalue weighted by atomic mass is 9.98. The number of hydrogen-bond acceptors (Lipinski definition) is 3. The Bertz CT molecular complexity index is 381. The van der Waals surface area contributed by atoms with Crippen LogP contribution >= 0.6 is 0 Å². The van der Waals surface area contributed by atoms with Gasteiger partial charge in [0.05, 0.1) is 6.61 Å². The van der Waals surface area contributed by atoms with Gasteiger partial charge in [0.15, 0.2) is 0 Å². The Morgan fingerprint density at radius 1 is 1.37 bits per heavy atom. The van der Waals surface area contributed by atoms with E-state index in [4.69, 9.17) is 4.74 Å². The first-order valence-electron chi connectivity index (χ1n) is 7.37. The van der Waals surface area contributed by atoms with Crippen LogP contribution in [-0.4, -0.2) is 38.2 Å². The first kappa shape index (κ1) is 14.4. The molecule has 0 aromatic heterocycles. The fraction of sp³-hybridized carbons (Fsp3) is 0.625. The van der Waals surface area contributed by atoms with E-state index >= 15 is 0 Å². The monoisotopic (exact) mass is 262 g/mol. The van der Waals surface area contributed by atoms with Gasteiger partial charge in [-0.3, -0.25) is 0 Å². The van der Waals surface area contributed by atoms with E-state index in [2.05, 4.69) is 41.5 Å². The number of benzene rings is 1. The molecule has 1 aromatic rings. The summed E-state index contributed by atoms with van der Waals surface area (Å²) in [7, 11) is 2.22. The molecule has 1 aliphatic heterocycles. The van der Waals surface area contributed by atoms with Crippen LogP contribution in [0.3, 0.4) is 0 Å². The molecule has 3 heteroatoms. The summed E-state index contributed by atoms with van der Waals surface area (Å²) in [5.74, 6) is 0.763. The summed E-state index contributed by atoms with van der Waals surface area (Å²) in [5, 5.41) is 3.61. The van der Waals surface area contributed by atoms with Crippen molar-refractivity contribution in [2.24, 2.45) is 5.92 Å². The Kier molecular flexibility index (Phi) is 5.67. The van der Waals surface area contributed by atoms with Crippen LogP contribution in [0, 0.1) is 5.92 Å². The first-order chi connectivity index (χ1) is 9.29. The molecule has 1 unspecified atom stereocenters. The van der Waals surface area contributed by atoms with E-state index in [1.807, 2.05) is 6.92 Å². The number of hydrogen-bond donors (Lipinski definition) is 1. The first-order valence-corrected chi connectivity index (χ1v) is 7.37. The molecule has 19 heavy (non-hydrogen) atoms. The van der Waals surface area contributed by atoms with Crippen LogP contribution in [0.15, 0.2) is 24.3 Å². The van der Waals surface area contributed by atoms with Crippen molar-refractivity contribution in [3.63, 3.8) is 0 Å². The largest absolute Gasteiger partial charge is 0.384 e. The van der Waals surface area contributed by atoms with E-state index in [0.717, 1.165) is 19.1 Å². The van der Waals surface area contributed by atoms with Crippen molar-refractivity contribution in [2.45, 2.75) is 26.4 Å². The number of nitrogens with zero attached hydrogens (tertiary/aromatic N) is 1. The number of rotatable bonds is 6. The second-order valence-electron chi connectivity index (χ2n) is 5.45. The van der Waals surface area contributed by atoms with Gasteiger partial charge < -0.3 is 15.0 Å². The molecule has 1 fully saturated rings. The smallest absolute Gasteiger partial charge is 0.0736 e. The van der Waals surface area contributed by atoms with Crippen molar-refractivity contribution in [3.05, 3.63) is 29.8 Å². The van der Waals surface area contributed by atoms with Crippen molar-refractivity contribution in [1.82, 2.24) is 4.90 Å². The zero-order valence-corrected chi connectivity index (χ0v) is 12.2. The van der Waals surface area contributed by atoms with Crippen molar-refractivity contribution in [2.75, 3.05) is 38.6 Å². The summed E-state index contributed by atoms with van der Waals surface area (Å²) in [6, 6.07) is 8.46. The van der Waals surface area contributed by atoms with E-state index in [0.29, 0.717) is 6.61 Å². The molecule has 1 atom stereocenters. The molecule has 0 amide bonds. The van der Waals surface area contributed by atoms with E-state index in [1.165, 1.54) is 37.2 Å². The maximum atomic E-state index is 5.52. The molecule has 3 nitrogen and oxygen atoms in total. The lowest BCUT2D eigenvalue weighted by Crippen LogP contribution is -2.35. The van der Waals surface area contributed by atoms with E-state index in [-0.39, 0.29) is 0 Å². The Morgan fingerprint density at radius 3 is 3.00 bits per heavy atom. The maximum absolute atomic E-state index is 5.52. The molecule has 0 bridgehead atoms. The molecule has 1 saturated heterocycles. The summed E-state index contributed by atoms with van der Waals surface area (Å²) in [4.78, 5) is 2.43. The molecule has 1 aromatic carbocycles. The standard InChI is InChI=1S/C16H26N2O/c1-3-19-13-15-8-4-5-9-16(15)17-11-14-7-6-10-18(2)12-14/h4-5,8-9,14,17H,3,6-7,10-13H2,1-2H3. The van der Waals surface area contributed by atoms with Crippen LogP contribution in [0.25, 0.3) is 0 Å². The highest BCUT2D eigenvalue weighted by molar-refractivity contribution is 5.50. The second-order valence-corrected chi connectivity index (χ2v) is 5.45. The third-order valence-corrected chi connectivity index (χ3v) is 3.78. The van der Waals surface area contributed by atoms with Gasteiger partial charge in [-0.25, -0.2) is 0 Å². The minimum absolute atomic E-state index is 0.699. The Morgan fingerprint density at radius 2 is 2.21 bits per heavy atom. The van der Waals surface area contributed by atoms with E-state index in [1.54, 1.807) is 0 Å². The molecule has 1 N–H and O–H groups in total. The average molecular weight is 262 g/mol. The molecular formula is C16H26N2O. The van der Waals surface area contributed by atoms with E-state index < -0.39 is 0 Å². The second kappa shape index (κ2) is 7.51. The van der Waals surface area contributed by atoms with Gasteiger partial charge in [-0.15, -0.1) is 0 Å². The summed E-state index contributed by atoms with van der Waals surface area (Å²) >= 11 is 0. The Hall–Kier alpha value is -1.06. The lowest BCUT2D eigenvalue weighted by molar-refractivity contribution is 0.134. The van der Waals surface area contributed by atoms with Crippen molar-refractivity contribution in [1.29, 1.82) is 0 Å². The number of nitrogens with one attached hydrogen (secondary N) is 1. The fourth-order valence-corrected chi connectivity index (χ4v) is 2.72. The number of piperidine rings is 1. The van der Waals surface area contributed by atoms with Crippen LogP contribution < -0.4 is 5.32 Å². The normalized spacial score (nSPS) is 20.4. The predicted octanol–water partition coefficient (Wildman–Crippen LogP) is 2.98. The van der Waals surface area contributed by atoms with Crippen LogP contribution in [0.5, 0.6) is 0 Å². The van der Waals surface area contributed by atoms with Gasteiger partial charge in [0, 0.05) is 30.9 Å². The van der Waals surface area contributed by atoms with Crippen LogP contribution in [0.1, 0.15) is 25.3 Å². The lowest BCUT2D eigenvalue weighted by Gasteiger charge is -2.30. The minimum atomic E-state index is 0.699. The van der Waals surface area contributed by atoms with Crippen LogP contribution in [-0.2, 0) is 11.3 Å². The fourth-order valence-electron chi connectivity index (χ4n) is 2.72. The van der Waals surface area contributed by atoms with Gasteiger partial charge in [-0.05, 0) is 45.3 Å². The molecule has 0 spiro atoms. The number of likely N-dealkylation sites (tertiary alicyclic amines) is 1. The van der Waals surface area contributed by atoms with Gasteiger partial charge in [-0.1, -0.05) is 18.2 Å². The summed E-state index contributed by atoms with van der Waals surface area (Å²) in [6.45, 7) is 7.02. The predicted molar refractivity (Wildman–Crippen MR) is 80.5 cm³/mol. The molecule has 0 radical (unpaired) electrons. The molecule has 0 saturated carbocycles. The van der Waals surface area contributed by atoms with Crippen LogP contribution in [0.4, 0.5) is 5.69 Å². The molecule has 2 rings (SSSR count). The third kappa shape index (κ3) is 4.51. The van der Waals surface area contributed by atoms with Gasteiger partial charge in [-0.2, -0.15) is 0 Å². The quantitative estimate of drug-likeness (QED) is 0.853. The SMILES string of the molecule is CCOCc1ccccc1NCC1CCCN(C)C1. The maximum Gasteiger partial charge on any atom is 0.0736 e. The highest BCUT2D eigenvalue weighted by Gasteiger charge is 2.16.